The third-order valence-corrected chi connectivity index (χ3v) is 6.20. The van der Waals surface area contributed by atoms with Crippen LogP contribution in [0.15, 0.2) is 58.5 Å². The van der Waals surface area contributed by atoms with Crippen molar-refractivity contribution >= 4 is 35.5 Å². The van der Waals surface area contributed by atoms with E-state index in [0.29, 0.717) is 17.2 Å². The first-order valence-electron chi connectivity index (χ1n) is 9.82. The molecule has 2 aromatic carbocycles. The van der Waals surface area contributed by atoms with E-state index >= 15 is 0 Å². The summed E-state index contributed by atoms with van der Waals surface area (Å²) in [6.45, 7) is 8.40. The number of rotatable bonds is 7. The van der Waals surface area contributed by atoms with Gasteiger partial charge >= 0.3 is 0 Å². The molecule has 0 radical (unpaired) electrons. The van der Waals surface area contributed by atoms with Gasteiger partial charge in [0.25, 0.3) is 0 Å². The number of aryl methyl sites for hydroxylation is 3. The molecule has 156 valence electrons. The van der Waals surface area contributed by atoms with E-state index in [9.17, 15) is 4.79 Å². The van der Waals surface area contributed by atoms with Crippen molar-refractivity contribution in [2.24, 2.45) is 5.10 Å². The van der Waals surface area contributed by atoms with Gasteiger partial charge in [-0.25, -0.2) is 5.43 Å². The molecule has 3 aromatic rings. The van der Waals surface area contributed by atoms with Gasteiger partial charge in [0.05, 0.1) is 11.9 Å². The zero-order chi connectivity index (χ0) is 21.7. The number of benzene rings is 2. The van der Waals surface area contributed by atoms with Gasteiger partial charge in [-0.3, -0.25) is 4.79 Å². The highest BCUT2D eigenvalue weighted by Crippen LogP contribution is 2.25. The third kappa shape index (κ3) is 5.35. The van der Waals surface area contributed by atoms with Crippen LogP contribution in [0.5, 0.6) is 0 Å². The molecule has 3 rings (SSSR count). The van der Waals surface area contributed by atoms with Gasteiger partial charge in [-0.05, 0) is 69.2 Å². The molecular formula is C24H26ClN3OS. The minimum atomic E-state index is -0.101. The molecule has 0 bridgehead atoms. The van der Waals surface area contributed by atoms with Gasteiger partial charge in [0.1, 0.15) is 0 Å². The molecule has 0 aliphatic heterocycles. The van der Waals surface area contributed by atoms with Crippen LogP contribution in [0, 0.1) is 27.7 Å². The number of carbonyl (C=O) groups excluding carboxylic acids is 1. The molecule has 0 unspecified atom stereocenters. The number of amides is 1. The predicted octanol–water partition coefficient (Wildman–Crippen LogP) is 6.00. The number of para-hydroxylation sites is 1. The zero-order valence-corrected chi connectivity index (χ0v) is 19.3. The quantitative estimate of drug-likeness (QED) is 0.279. The Hall–Kier alpha value is -2.50. The van der Waals surface area contributed by atoms with Crippen LogP contribution in [0.1, 0.15) is 34.5 Å². The molecule has 0 saturated heterocycles. The van der Waals surface area contributed by atoms with Crippen molar-refractivity contribution in [2.45, 2.75) is 39.0 Å². The molecule has 30 heavy (non-hydrogen) atoms. The molecule has 1 amide bonds. The number of thioether (sulfide) groups is 1. The molecule has 0 atom stereocenters. The van der Waals surface area contributed by atoms with Gasteiger partial charge in [0, 0.05) is 39.0 Å². The van der Waals surface area contributed by atoms with Crippen molar-refractivity contribution in [1.82, 2.24) is 9.99 Å². The summed E-state index contributed by atoms with van der Waals surface area (Å²) in [6, 6.07) is 16.0. The van der Waals surface area contributed by atoms with Crippen LogP contribution >= 0.6 is 23.4 Å². The van der Waals surface area contributed by atoms with E-state index in [2.05, 4.69) is 67.1 Å². The Morgan fingerprint density at radius 2 is 1.77 bits per heavy atom. The number of aromatic nitrogens is 1. The van der Waals surface area contributed by atoms with E-state index in [1.165, 1.54) is 16.8 Å². The fraction of sp³-hybridized carbons (Fsp3) is 0.250. The molecule has 0 spiro atoms. The van der Waals surface area contributed by atoms with Crippen molar-refractivity contribution in [3.8, 4) is 5.69 Å². The summed E-state index contributed by atoms with van der Waals surface area (Å²) in [5.74, 6) is 0.584. The number of carbonyl (C=O) groups is 1. The molecule has 1 aromatic heterocycles. The van der Waals surface area contributed by atoms with Gasteiger partial charge in [0.15, 0.2) is 0 Å². The topological polar surface area (TPSA) is 46.4 Å². The maximum atomic E-state index is 12.1. The maximum absolute atomic E-state index is 12.1. The maximum Gasteiger partial charge on any atom is 0.240 e. The molecule has 6 heteroatoms. The predicted molar refractivity (Wildman–Crippen MR) is 127 cm³/mol. The normalized spacial score (nSPS) is 11.2. The summed E-state index contributed by atoms with van der Waals surface area (Å²) in [6.07, 6.45) is 2.11. The van der Waals surface area contributed by atoms with Crippen molar-refractivity contribution in [1.29, 1.82) is 0 Å². The van der Waals surface area contributed by atoms with Crippen molar-refractivity contribution in [2.75, 3.05) is 5.75 Å². The van der Waals surface area contributed by atoms with Crippen LogP contribution in [0.3, 0.4) is 0 Å². The largest absolute Gasteiger partial charge is 0.317 e. The van der Waals surface area contributed by atoms with E-state index in [1.807, 2.05) is 24.3 Å². The molecular weight excluding hydrogens is 414 g/mol. The fourth-order valence-corrected chi connectivity index (χ4v) is 4.42. The highest BCUT2D eigenvalue weighted by molar-refractivity contribution is 7.99. The second-order valence-electron chi connectivity index (χ2n) is 7.25. The highest BCUT2D eigenvalue weighted by atomic mass is 35.5. The summed E-state index contributed by atoms with van der Waals surface area (Å²) in [7, 11) is 0. The summed E-state index contributed by atoms with van der Waals surface area (Å²) in [5, 5.41) is 4.88. The van der Waals surface area contributed by atoms with Crippen molar-refractivity contribution < 1.29 is 4.79 Å². The van der Waals surface area contributed by atoms with Gasteiger partial charge in [-0.1, -0.05) is 29.8 Å². The standard InChI is InChI=1S/C24H26ClN3OS/c1-16-6-5-7-17(2)24(16)28-18(3)14-20(19(28)4)15-26-27-23(29)12-13-30-22-10-8-21(25)9-11-22/h5-11,14-15H,12-13H2,1-4H3,(H,27,29)/b26-15-. The van der Waals surface area contributed by atoms with Gasteiger partial charge < -0.3 is 4.57 Å². The zero-order valence-electron chi connectivity index (χ0n) is 17.7. The van der Waals surface area contributed by atoms with Crippen LogP contribution in [0.2, 0.25) is 5.02 Å². The highest BCUT2D eigenvalue weighted by Gasteiger charge is 2.13. The molecule has 4 nitrogen and oxygen atoms in total. The monoisotopic (exact) mass is 439 g/mol. The Morgan fingerprint density at radius 3 is 2.43 bits per heavy atom. The van der Waals surface area contributed by atoms with Crippen molar-refractivity contribution in [3.05, 3.63) is 81.6 Å². The molecule has 1 N–H and O–H groups in total. The second kappa shape index (κ2) is 10.0. The van der Waals surface area contributed by atoms with Gasteiger partial charge in [-0.2, -0.15) is 5.10 Å². The van der Waals surface area contributed by atoms with Crippen LogP contribution in [0.4, 0.5) is 0 Å². The van der Waals surface area contributed by atoms with E-state index in [0.717, 1.165) is 21.8 Å². The average molecular weight is 440 g/mol. The smallest absolute Gasteiger partial charge is 0.240 e. The van der Waals surface area contributed by atoms with Crippen LogP contribution in [0.25, 0.3) is 5.69 Å². The van der Waals surface area contributed by atoms with E-state index in [1.54, 1.807) is 18.0 Å². The third-order valence-electron chi connectivity index (χ3n) is 4.94. The lowest BCUT2D eigenvalue weighted by Crippen LogP contribution is -2.17. The lowest BCUT2D eigenvalue weighted by Gasteiger charge is -2.15. The number of hydrogen-bond acceptors (Lipinski definition) is 3. The first-order chi connectivity index (χ1) is 14.4. The fourth-order valence-electron chi connectivity index (χ4n) is 3.44. The number of hydrogen-bond donors (Lipinski definition) is 1. The SMILES string of the molecule is Cc1cccc(C)c1-n1c(C)cc(/C=N\NC(=O)CCSc2ccc(Cl)cc2)c1C. The van der Waals surface area contributed by atoms with Crippen molar-refractivity contribution in [3.63, 3.8) is 0 Å². The van der Waals surface area contributed by atoms with Crippen LogP contribution in [-0.4, -0.2) is 22.4 Å². The number of nitrogens with one attached hydrogen (secondary N) is 1. The molecule has 0 saturated carbocycles. The summed E-state index contributed by atoms with van der Waals surface area (Å²) in [4.78, 5) is 13.2. The number of hydrazone groups is 1. The molecule has 0 fully saturated rings. The lowest BCUT2D eigenvalue weighted by atomic mass is 10.1. The Labute approximate surface area is 187 Å². The minimum absolute atomic E-state index is 0.101. The Morgan fingerprint density at radius 1 is 1.10 bits per heavy atom. The Bertz CT molecular complexity index is 1050. The van der Waals surface area contributed by atoms with Gasteiger partial charge in [-0.15, -0.1) is 11.8 Å². The first kappa shape index (κ1) is 22.2. The Kier molecular flexibility index (Phi) is 7.40. The first-order valence-corrected chi connectivity index (χ1v) is 11.2. The average Bonchev–Trinajstić information content (AvgIpc) is 2.97. The number of nitrogens with zero attached hydrogens (tertiary/aromatic N) is 2. The second-order valence-corrected chi connectivity index (χ2v) is 8.85. The summed E-state index contributed by atoms with van der Waals surface area (Å²) < 4.78 is 2.25. The molecule has 0 aliphatic carbocycles. The molecule has 0 aliphatic rings. The van der Waals surface area contributed by atoms with E-state index < -0.39 is 0 Å². The minimum Gasteiger partial charge on any atom is -0.317 e. The lowest BCUT2D eigenvalue weighted by molar-refractivity contribution is -0.120. The van der Waals surface area contributed by atoms with Gasteiger partial charge in [0.2, 0.25) is 5.91 Å². The summed E-state index contributed by atoms with van der Waals surface area (Å²) >= 11 is 7.51. The Balaban J connectivity index is 1.60. The van der Waals surface area contributed by atoms with Crippen LogP contribution in [-0.2, 0) is 4.79 Å². The molecule has 1 heterocycles. The van der Waals surface area contributed by atoms with E-state index in [4.69, 9.17) is 11.6 Å². The van der Waals surface area contributed by atoms with E-state index in [-0.39, 0.29) is 5.91 Å². The summed E-state index contributed by atoms with van der Waals surface area (Å²) in [5.41, 5.74) is 9.52. The number of halogens is 1. The van der Waals surface area contributed by atoms with Crippen LogP contribution < -0.4 is 5.43 Å².